The van der Waals surface area contributed by atoms with Gasteiger partial charge in [-0.05, 0) is 0 Å². The Morgan fingerprint density at radius 3 is 1.29 bits per heavy atom. The van der Waals surface area contributed by atoms with Crippen LogP contribution in [0.4, 0.5) is 0 Å². The van der Waals surface area contributed by atoms with E-state index in [1.165, 1.54) is 0 Å². The summed E-state index contributed by atoms with van der Waals surface area (Å²) in [7, 11) is 0. The van der Waals surface area contributed by atoms with Crippen molar-refractivity contribution in [3.05, 3.63) is 10.1 Å². The minimum absolute atomic E-state index is 0.703. The van der Waals surface area contributed by atoms with Crippen molar-refractivity contribution >= 4 is 35.8 Å². The smallest absolute Gasteiger partial charge is 0.303 e. The summed E-state index contributed by atoms with van der Waals surface area (Å²) in [5.41, 5.74) is 0. The van der Waals surface area contributed by atoms with Gasteiger partial charge in [0.1, 0.15) is 6.61 Å². The van der Waals surface area contributed by atoms with E-state index in [2.05, 4.69) is 0 Å². The van der Waals surface area contributed by atoms with Crippen LogP contribution in [0.3, 0.4) is 0 Å². The van der Waals surface area contributed by atoms with Crippen LogP contribution in [0.2, 0.25) is 0 Å². The van der Waals surface area contributed by atoms with Gasteiger partial charge in [-0.1, -0.05) is 0 Å². The molecule has 0 heterocycles. The second-order valence-corrected chi connectivity index (χ2v) is 6.84. The summed E-state index contributed by atoms with van der Waals surface area (Å²) in [6, 6.07) is 0. The zero-order chi connectivity index (χ0) is 26.6. The highest BCUT2D eigenvalue weighted by atomic mass is 16.7. The lowest BCUT2D eigenvalue weighted by atomic mass is 9.97. The lowest BCUT2D eigenvalue weighted by molar-refractivity contribution is -0.493. The largest absolute Gasteiger partial charge is 0.462 e. The molecule has 0 bridgehead atoms. The first-order valence-corrected chi connectivity index (χ1v) is 9.75. The fourth-order valence-corrected chi connectivity index (χ4v) is 2.78. The van der Waals surface area contributed by atoms with E-state index in [0.717, 1.165) is 41.5 Å². The van der Waals surface area contributed by atoms with E-state index in [4.69, 9.17) is 28.4 Å². The fourth-order valence-electron chi connectivity index (χ4n) is 2.78. The maximum Gasteiger partial charge on any atom is 0.303 e. The number of esters is 6. The van der Waals surface area contributed by atoms with Gasteiger partial charge in [-0.15, -0.1) is 0 Å². The Balaban J connectivity index is 6.76. The van der Waals surface area contributed by atoms with Crippen LogP contribution in [0.5, 0.6) is 0 Å². The van der Waals surface area contributed by atoms with Crippen molar-refractivity contribution in [3.8, 4) is 0 Å². The monoisotopic (exact) mass is 493 g/mol. The van der Waals surface area contributed by atoms with E-state index >= 15 is 0 Å². The Morgan fingerprint density at radius 2 is 0.941 bits per heavy atom. The van der Waals surface area contributed by atoms with Gasteiger partial charge in [0, 0.05) is 46.5 Å². The van der Waals surface area contributed by atoms with E-state index < -0.39 is 84.4 Å². The van der Waals surface area contributed by atoms with Gasteiger partial charge in [-0.3, -0.25) is 38.9 Å². The number of hydrogen-bond donors (Lipinski definition) is 0. The van der Waals surface area contributed by atoms with Crippen LogP contribution in [0.25, 0.3) is 0 Å². The lowest BCUT2D eigenvalue weighted by Gasteiger charge is -2.36. The molecular formula is C19H27NO14. The third kappa shape index (κ3) is 12.3. The van der Waals surface area contributed by atoms with Crippen LogP contribution >= 0.6 is 0 Å². The molecule has 0 N–H and O–H groups in total. The maximum atomic E-state index is 11.9. The Hall–Kier alpha value is -3.78. The molecular weight excluding hydrogens is 466 g/mol. The molecule has 0 saturated heterocycles. The summed E-state index contributed by atoms with van der Waals surface area (Å²) in [6.07, 6.45) is -9.09. The molecule has 0 spiro atoms. The molecule has 0 radical (unpaired) electrons. The normalized spacial score (nSPS) is 14.8. The fraction of sp³-hybridized carbons (Fsp3) is 0.684. The van der Waals surface area contributed by atoms with Gasteiger partial charge in [0.15, 0.2) is 24.4 Å². The topological polar surface area (TPSA) is 201 Å². The molecule has 0 rings (SSSR count). The Labute approximate surface area is 194 Å². The van der Waals surface area contributed by atoms with E-state index in [1.807, 2.05) is 0 Å². The maximum absolute atomic E-state index is 11.9. The van der Waals surface area contributed by atoms with E-state index in [1.54, 1.807) is 0 Å². The summed E-state index contributed by atoms with van der Waals surface area (Å²) in [5.74, 6) is -5.82. The zero-order valence-electron chi connectivity index (χ0n) is 19.5. The second-order valence-electron chi connectivity index (χ2n) is 6.84. The average Bonchev–Trinajstić information content (AvgIpc) is 2.64. The molecule has 0 aromatic rings. The van der Waals surface area contributed by atoms with Crippen molar-refractivity contribution in [3.63, 3.8) is 0 Å². The first-order chi connectivity index (χ1) is 15.6. The number of hydrogen-bond acceptors (Lipinski definition) is 14. The van der Waals surface area contributed by atoms with Gasteiger partial charge in [0.05, 0.1) is 0 Å². The molecule has 0 aliphatic heterocycles. The minimum Gasteiger partial charge on any atom is -0.462 e. The molecule has 192 valence electrons. The first-order valence-electron chi connectivity index (χ1n) is 9.75. The molecule has 0 saturated carbocycles. The molecule has 15 nitrogen and oxygen atoms in total. The molecule has 0 amide bonds. The standard InChI is InChI=1S/C19H27NO14/c1-9(21)29-8-16(31-11(3)23)18(33-13(5)25)19(34-14(6)26)17(32-12(4)24)15(7-20(27)28)30-10(2)22/h15-19H,7-8H2,1-6H3/t15-,16-,17-,18+,19+/m1/s1. The van der Waals surface area contributed by atoms with Gasteiger partial charge >= 0.3 is 35.8 Å². The van der Waals surface area contributed by atoms with Crippen LogP contribution in [0.1, 0.15) is 41.5 Å². The molecule has 0 aliphatic rings. The third-order valence-corrected chi connectivity index (χ3v) is 3.70. The van der Waals surface area contributed by atoms with Crippen molar-refractivity contribution in [2.24, 2.45) is 0 Å². The molecule has 5 atom stereocenters. The molecule has 0 aromatic heterocycles. The van der Waals surface area contributed by atoms with Gasteiger partial charge < -0.3 is 28.4 Å². The zero-order valence-corrected chi connectivity index (χ0v) is 19.5. The summed E-state index contributed by atoms with van der Waals surface area (Å²) < 4.78 is 30.2. The van der Waals surface area contributed by atoms with Crippen molar-refractivity contribution in [1.29, 1.82) is 0 Å². The lowest BCUT2D eigenvalue weighted by Crippen LogP contribution is -2.57. The predicted molar refractivity (Wildman–Crippen MR) is 106 cm³/mol. The van der Waals surface area contributed by atoms with Crippen molar-refractivity contribution in [1.82, 2.24) is 0 Å². The van der Waals surface area contributed by atoms with Gasteiger partial charge in [0.25, 0.3) is 0 Å². The molecule has 34 heavy (non-hydrogen) atoms. The Kier molecular flexibility index (Phi) is 12.8. The minimum atomic E-state index is -1.91. The summed E-state index contributed by atoms with van der Waals surface area (Å²) >= 11 is 0. The van der Waals surface area contributed by atoms with Gasteiger partial charge in [0.2, 0.25) is 12.6 Å². The highest BCUT2D eigenvalue weighted by Gasteiger charge is 2.49. The average molecular weight is 493 g/mol. The van der Waals surface area contributed by atoms with E-state index in [0.29, 0.717) is 0 Å². The molecule has 0 aliphatic carbocycles. The van der Waals surface area contributed by atoms with Crippen LogP contribution in [-0.4, -0.2) is 84.4 Å². The molecule has 0 aromatic carbocycles. The summed E-state index contributed by atoms with van der Waals surface area (Å²) in [4.78, 5) is 80.3. The highest BCUT2D eigenvalue weighted by molar-refractivity contribution is 5.70. The number of nitro groups is 1. The number of nitrogens with zero attached hydrogens (tertiary/aromatic N) is 1. The van der Waals surface area contributed by atoms with Crippen molar-refractivity contribution in [2.75, 3.05) is 13.2 Å². The SMILES string of the molecule is CC(=O)OC[C@@H](OC(C)=O)[C@H](OC(C)=O)[C@@H](OC(C)=O)[C@H](OC(C)=O)[C@@H](C[N+](=O)[O-])OC(C)=O. The molecule has 0 fully saturated rings. The Morgan fingerprint density at radius 1 is 0.588 bits per heavy atom. The van der Waals surface area contributed by atoms with Crippen molar-refractivity contribution < 1.29 is 62.1 Å². The number of rotatable bonds is 13. The first kappa shape index (κ1) is 30.2. The number of carbonyl (C=O) groups excluding carboxylic acids is 6. The predicted octanol–water partition coefficient (Wildman–Crippen LogP) is -0.515. The van der Waals surface area contributed by atoms with E-state index in [9.17, 15) is 38.9 Å². The summed E-state index contributed by atoms with van der Waals surface area (Å²) in [6.45, 7) is 3.90. The number of carbonyl (C=O) groups is 6. The van der Waals surface area contributed by atoms with E-state index in [-0.39, 0.29) is 0 Å². The number of ether oxygens (including phenoxy) is 6. The third-order valence-electron chi connectivity index (χ3n) is 3.70. The van der Waals surface area contributed by atoms with Crippen LogP contribution < -0.4 is 0 Å². The van der Waals surface area contributed by atoms with Gasteiger partial charge in [-0.2, -0.15) is 0 Å². The van der Waals surface area contributed by atoms with Crippen LogP contribution in [0, 0.1) is 10.1 Å². The Bertz CT molecular complexity index is 778. The quantitative estimate of drug-likeness (QED) is 0.137. The summed E-state index contributed by atoms with van der Waals surface area (Å²) in [5, 5.41) is 11.2. The van der Waals surface area contributed by atoms with Gasteiger partial charge in [-0.25, -0.2) is 0 Å². The van der Waals surface area contributed by atoms with Crippen LogP contribution in [0.15, 0.2) is 0 Å². The van der Waals surface area contributed by atoms with Crippen LogP contribution in [-0.2, 0) is 57.2 Å². The molecule has 15 heteroatoms. The van der Waals surface area contributed by atoms with Crippen molar-refractivity contribution in [2.45, 2.75) is 72.1 Å². The second kappa shape index (κ2) is 14.4. The molecule has 0 unspecified atom stereocenters. The highest BCUT2D eigenvalue weighted by Crippen LogP contribution is 2.23.